The second kappa shape index (κ2) is 5.48. The molecule has 0 amide bonds. The molecule has 2 aromatic rings. The predicted octanol–water partition coefficient (Wildman–Crippen LogP) is 4.51. The summed E-state index contributed by atoms with van der Waals surface area (Å²) in [4.78, 5) is 0. The Hall–Kier alpha value is -1.88. The molecule has 0 aliphatic carbocycles. The van der Waals surface area contributed by atoms with Gasteiger partial charge in [0.25, 0.3) is 0 Å². The molecular formula is C16H15F4N. The van der Waals surface area contributed by atoms with Gasteiger partial charge in [-0.25, -0.2) is 4.39 Å². The molecule has 0 radical (unpaired) electrons. The molecule has 1 unspecified atom stereocenters. The minimum absolute atomic E-state index is 0.234. The highest BCUT2D eigenvalue weighted by Crippen LogP contribution is 2.34. The molecular weight excluding hydrogens is 282 g/mol. The summed E-state index contributed by atoms with van der Waals surface area (Å²) in [5, 5.41) is 0. The minimum Gasteiger partial charge on any atom is -0.320 e. The van der Waals surface area contributed by atoms with Crippen LogP contribution in [0.2, 0.25) is 0 Å². The van der Waals surface area contributed by atoms with Crippen molar-refractivity contribution in [2.75, 3.05) is 0 Å². The Morgan fingerprint density at radius 1 is 1.00 bits per heavy atom. The van der Waals surface area contributed by atoms with Crippen molar-refractivity contribution in [3.63, 3.8) is 0 Å². The number of nitrogens with two attached hydrogens (primary N) is 1. The minimum atomic E-state index is -4.73. The van der Waals surface area contributed by atoms with Gasteiger partial charge in [0, 0.05) is 0 Å². The normalized spacial score (nSPS) is 13.3. The number of hydrogen-bond donors (Lipinski definition) is 1. The van der Waals surface area contributed by atoms with Crippen molar-refractivity contribution in [1.29, 1.82) is 0 Å². The summed E-state index contributed by atoms with van der Waals surface area (Å²) in [6.45, 7) is 3.71. The maximum atomic E-state index is 13.3. The van der Waals surface area contributed by atoms with Gasteiger partial charge in [-0.3, -0.25) is 0 Å². The van der Waals surface area contributed by atoms with E-state index in [0.717, 1.165) is 28.8 Å². The third-order valence-electron chi connectivity index (χ3n) is 3.42. The van der Waals surface area contributed by atoms with Gasteiger partial charge in [0.15, 0.2) is 0 Å². The van der Waals surface area contributed by atoms with Gasteiger partial charge in [0.05, 0.1) is 11.6 Å². The number of rotatable bonds is 2. The van der Waals surface area contributed by atoms with Gasteiger partial charge in [-0.15, -0.1) is 0 Å². The molecule has 0 spiro atoms. The van der Waals surface area contributed by atoms with Crippen molar-refractivity contribution in [2.24, 2.45) is 5.73 Å². The zero-order chi connectivity index (χ0) is 15.8. The number of aryl methyl sites for hydroxylation is 2. The standard InChI is InChI=1S/C16H15F4N/c1-9-3-4-10(2)12(7-9)15(21)11-5-6-14(17)13(8-11)16(18,19)20/h3-8,15H,21H2,1-2H3. The summed E-state index contributed by atoms with van der Waals surface area (Å²) < 4.78 is 51.6. The number of halogens is 4. The molecule has 21 heavy (non-hydrogen) atoms. The lowest BCUT2D eigenvalue weighted by Crippen LogP contribution is -2.16. The number of benzene rings is 2. The Bertz CT molecular complexity index is 662. The molecule has 0 saturated carbocycles. The predicted molar refractivity (Wildman–Crippen MR) is 73.3 cm³/mol. The van der Waals surface area contributed by atoms with Gasteiger partial charge < -0.3 is 5.73 Å². The summed E-state index contributed by atoms with van der Waals surface area (Å²) in [6, 6.07) is 7.74. The Kier molecular flexibility index (Phi) is 4.05. The van der Waals surface area contributed by atoms with E-state index in [4.69, 9.17) is 5.73 Å². The van der Waals surface area contributed by atoms with E-state index in [1.54, 1.807) is 0 Å². The van der Waals surface area contributed by atoms with Crippen molar-refractivity contribution >= 4 is 0 Å². The molecule has 0 bridgehead atoms. The van der Waals surface area contributed by atoms with Crippen LogP contribution in [-0.2, 0) is 6.18 Å². The smallest absolute Gasteiger partial charge is 0.320 e. The zero-order valence-corrected chi connectivity index (χ0v) is 11.6. The fraction of sp³-hybridized carbons (Fsp3) is 0.250. The van der Waals surface area contributed by atoms with E-state index in [0.29, 0.717) is 0 Å². The van der Waals surface area contributed by atoms with Crippen LogP contribution < -0.4 is 5.73 Å². The first-order chi connectivity index (χ1) is 9.70. The van der Waals surface area contributed by atoms with Crippen LogP contribution in [0.4, 0.5) is 17.6 Å². The molecule has 0 aliphatic heterocycles. The highest BCUT2D eigenvalue weighted by Gasteiger charge is 2.34. The quantitative estimate of drug-likeness (QED) is 0.811. The average molecular weight is 297 g/mol. The molecule has 2 aromatic carbocycles. The van der Waals surface area contributed by atoms with Crippen LogP contribution in [0.5, 0.6) is 0 Å². The van der Waals surface area contributed by atoms with Crippen molar-refractivity contribution in [3.8, 4) is 0 Å². The van der Waals surface area contributed by atoms with Gasteiger partial charge >= 0.3 is 6.18 Å². The van der Waals surface area contributed by atoms with Crippen LogP contribution in [0.25, 0.3) is 0 Å². The van der Waals surface area contributed by atoms with Crippen LogP contribution in [-0.4, -0.2) is 0 Å². The van der Waals surface area contributed by atoms with E-state index >= 15 is 0 Å². The van der Waals surface area contributed by atoms with Crippen LogP contribution in [0.15, 0.2) is 36.4 Å². The van der Waals surface area contributed by atoms with Crippen LogP contribution >= 0.6 is 0 Å². The molecule has 0 aromatic heterocycles. The highest BCUT2D eigenvalue weighted by atomic mass is 19.4. The first-order valence-corrected chi connectivity index (χ1v) is 6.39. The fourth-order valence-electron chi connectivity index (χ4n) is 2.23. The average Bonchev–Trinajstić information content (AvgIpc) is 2.40. The molecule has 0 saturated heterocycles. The van der Waals surface area contributed by atoms with Crippen molar-refractivity contribution in [2.45, 2.75) is 26.1 Å². The highest BCUT2D eigenvalue weighted by molar-refractivity contribution is 5.40. The molecule has 2 rings (SSSR count). The van der Waals surface area contributed by atoms with Gasteiger partial charge in [0.2, 0.25) is 0 Å². The van der Waals surface area contributed by atoms with E-state index in [2.05, 4.69) is 0 Å². The Balaban J connectivity index is 2.49. The molecule has 0 aliphatic rings. The lowest BCUT2D eigenvalue weighted by molar-refractivity contribution is -0.140. The molecule has 2 N–H and O–H groups in total. The summed E-state index contributed by atoms with van der Waals surface area (Å²) in [5.41, 5.74) is 7.58. The zero-order valence-electron chi connectivity index (χ0n) is 11.6. The van der Waals surface area contributed by atoms with Crippen LogP contribution in [0.3, 0.4) is 0 Å². The van der Waals surface area contributed by atoms with E-state index in [-0.39, 0.29) is 5.56 Å². The lowest BCUT2D eigenvalue weighted by atomic mass is 9.93. The SMILES string of the molecule is Cc1ccc(C)c(C(N)c2ccc(F)c(C(F)(F)F)c2)c1. The third kappa shape index (κ3) is 3.24. The second-order valence-electron chi connectivity index (χ2n) is 5.07. The van der Waals surface area contributed by atoms with Crippen molar-refractivity contribution in [1.82, 2.24) is 0 Å². The largest absolute Gasteiger partial charge is 0.419 e. The molecule has 112 valence electrons. The van der Waals surface area contributed by atoms with Crippen molar-refractivity contribution < 1.29 is 17.6 Å². The summed E-state index contributed by atoms with van der Waals surface area (Å²) in [7, 11) is 0. The molecule has 1 atom stereocenters. The monoisotopic (exact) mass is 297 g/mol. The van der Waals surface area contributed by atoms with Gasteiger partial charge in [-0.1, -0.05) is 29.8 Å². The lowest BCUT2D eigenvalue weighted by Gasteiger charge is -2.18. The maximum Gasteiger partial charge on any atom is 0.419 e. The van der Waals surface area contributed by atoms with Gasteiger partial charge in [-0.05, 0) is 42.7 Å². The molecule has 1 nitrogen and oxygen atoms in total. The molecule has 0 heterocycles. The van der Waals surface area contributed by atoms with Crippen molar-refractivity contribution in [3.05, 3.63) is 70.0 Å². The van der Waals surface area contributed by atoms with E-state index in [1.165, 1.54) is 6.07 Å². The third-order valence-corrected chi connectivity index (χ3v) is 3.42. The number of hydrogen-bond acceptors (Lipinski definition) is 1. The van der Waals surface area contributed by atoms with E-state index in [9.17, 15) is 17.6 Å². The maximum absolute atomic E-state index is 13.3. The molecule has 0 fully saturated rings. The first kappa shape index (κ1) is 15.5. The van der Waals surface area contributed by atoms with Gasteiger partial charge in [-0.2, -0.15) is 13.2 Å². The van der Waals surface area contributed by atoms with E-state index < -0.39 is 23.6 Å². The second-order valence-corrected chi connectivity index (χ2v) is 5.07. The topological polar surface area (TPSA) is 26.0 Å². The Labute approximate surface area is 120 Å². The fourth-order valence-corrected chi connectivity index (χ4v) is 2.23. The van der Waals surface area contributed by atoms with Gasteiger partial charge in [0.1, 0.15) is 5.82 Å². The first-order valence-electron chi connectivity index (χ1n) is 6.39. The Morgan fingerprint density at radius 3 is 2.29 bits per heavy atom. The Morgan fingerprint density at radius 2 is 1.67 bits per heavy atom. The van der Waals surface area contributed by atoms with E-state index in [1.807, 2.05) is 32.0 Å². The van der Waals surface area contributed by atoms with Crippen LogP contribution in [0, 0.1) is 19.7 Å². The number of alkyl halides is 3. The molecule has 5 heteroatoms. The summed E-state index contributed by atoms with van der Waals surface area (Å²) in [5.74, 6) is -1.29. The van der Waals surface area contributed by atoms with Crippen LogP contribution in [0.1, 0.15) is 33.9 Å². The summed E-state index contributed by atoms with van der Waals surface area (Å²) >= 11 is 0. The summed E-state index contributed by atoms with van der Waals surface area (Å²) in [6.07, 6.45) is -4.73.